The summed E-state index contributed by atoms with van der Waals surface area (Å²) in [5.41, 5.74) is 4.21. The normalized spacial score (nSPS) is 14.7. The number of aromatic hydroxyl groups is 1. The highest BCUT2D eigenvalue weighted by molar-refractivity contribution is 7.48. The molecular formula is C31H49FNOP. The van der Waals surface area contributed by atoms with Gasteiger partial charge in [0.1, 0.15) is 11.6 Å². The molecule has 2 aromatic rings. The maximum atomic E-state index is 14.3. The van der Waals surface area contributed by atoms with Crippen LogP contribution in [0.25, 0.3) is 0 Å². The zero-order chi connectivity index (χ0) is 26.6. The molecule has 2 atom stereocenters. The smallest absolute Gasteiger partial charge is 0.123 e. The Hall–Kier alpha value is -1.44. The van der Waals surface area contributed by atoms with Crippen LogP contribution >= 0.6 is 8.58 Å². The highest BCUT2D eigenvalue weighted by Crippen LogP contribution is 2.54. The minimum atomic E-state index is -0.195. The summed E-state index contributed by atoms with van der Waals surface area (Å²) < 4.78 is 14.3. The Morgan fingerprint density at radius 3 is 2.03 bits per heavy atom. The molecule has 0 saturated heterocycles. The number of rotatable bonds is 10. The van der Waals surface area contributed by atoms with Crippen molar-refractivity contribution in [1.29, 1.82) is 0 Å². The van der Waals surface area contributed by atoms with Crippen molar-refractivity contribution < 1.29 is 9.50 Å². The third kappa shape index (κ3) is 7.53. The predicted octanol–water partition coefficient (Wildman–Crippen LogP) is 8.38. The number of phenols is 1. The molecule has 1 N–H and O–H groups in total. The van der Waals surface area contributed by atoms with E-state index in [0.717, 1.165) is 42.4 Å². The molecule has 4 heteroatoms. The third-order valence-electron chi connectivity index (χ3n) is 7.04. The van der Waals surface area contributed by atoms with Crippen LogP contribution in [0.2, 0.25) is 0 Å². The van der Waals surface area contributed by atoms with Gasteiger partial charge < -0.3 is 10.0 Å². The molecule has 2 rings (SSSR count). The standard InChI is InChI=1S/C31H49FNOP/c1-11-13-14-17-31(12-2,35-27-16-15-24(32)18-22(27)21-33(9)10)26-20-23(29(3,4)5)19-25(28(26)34)30(6,7)8/h15-16,18-20,34-35H,11-14,17,21H2,1-10H3. The Kier molecular flexibility index (Phi) is 9.99. The van der Waals surface area contributed by atoms with Crippen molar-refractivity contribution >= 4 is 13.9 Å². The Morgan fingerprint density at radius 1 is 0.886 bits per heavy atom. The van der Waals surface area contributed by atoms with Crippen molar-refractivity contribution in [2.45, 2.75) is 110 Å². The summed E-state index contributed by atoms with van der Waals surface area (Å²) in [5.74, 6) is 0.267. The van der Waals surface area contributed by atoms with Gasteiger partial charge in [0.25, 0.3) is 0 Å². The van der Waals surface area contributed by atoms with Crippen LogP contribution in [-0.4, -0.2) is 24.1 Å². The van der Waals surface area contributed by atoms with Gasteiger partial charge in [-0.25, -0.2) is 4.39 Å². The molecule has 2 nitrogen and oxygen atoms in total. The monoisotopic (exact) mass is 501 g/mol. The zero-order valence-electron chi connectivity index (χ0n) is 23.9. The van der Waals surface area contributed by atoms with Crippen LogP contribution in [0.1, 0.15) is 110 Å². The molecular weight excluding hydrogens is 452 g/mol. The van der Waals surface area contributed by atoms with Crippen molar-refractivity contribution in [2.75, 3.05) is 14.1 Å². The van der Waals surface area contributed by atoms with Gasteiger partial charge in [-0.1, -0.05) is 101 Å². The molecule has 2 unspecified atom stereocenters. The fourth-order valence-electron chi connectivity index (χ4n) is 4.81. The van der Waals surface area contributed by atoms with E-state index in [2.05, 4.69) is 72.4 Å². The van der Waals surface area contributed by atoms with E-state index in [1.807, 2.05) is 20.2 Å². The second kappa shape index (κ2) is 11.7. The Labute approximate surface area is 216 Å². The first-order valence-corrected chi connectivity index (χ1v) is 14.2. The fraction of sp³-hybridized carbons (Fsp3) is 0.613. The lowest BCUT2D eigenvalue weighted by molar-refractivity contribution is 0.402. The van der Waals surface area contributed by atoms with Crippen molar-refractivity contribution in [2.24, 2.45) is 0 Å². The molecule has 0 aliphatic heterocycles. The molecule has 0 amide bonds. The number of nitrogens with zero attached hydrogens (tertiary/aromatic N) is 1. The number of halogens is 1. The molecule has 0 spiro atoms. The molecule has 0 fully saturated rings. The molecule has 0 saturated carbocycles. The summed E-state index contributed by atoms with van der Waals surface area (Å²) in [5, 5.41) is 12.8. The summed E-state index contributed by atoms with van der Waals surface area (Å²) >= 11 is 0. The second-order valence-corrected chi connectivity index (χ2v) is 14.2. The van der Waals surface area contributed by atoms with E-state index >= 15 is 0 Å². The first kappa shape index (κ1) is 29.8. The van der Waals surface area contributed by atoms with Crippen molar-refractivity contribution in [3.63, 3.8) is 0 Å². The van der Waals surface area contributed by atoms with Crippen LogP contribution in [0, 0.1) is 5.82 Å². The highest BCUT2D eigenvalue weighted by atomic mass is 31.1. The van der Waals surface area contributed by atoms with Gasteiger partial charge in [-0.15, -0.1) is 0 Å². The fourth-order valence-corrected chi connectivity index (χ4v) is 6.61. The van der Waals surface area contributed by atoms with E-state index in [9.17, 15) is 9.50 Å². The van der Waals surface area contributed by atoms with Crippen molar-refractivity contribution in [3.8, 4) is 5.75 Å². The number of hydrogen-bond donors (Lipinski definition) is 1. The van der Waals surface area contributed by atoms with Gasteiger partial charge in [0.2, 0.25) is 0 Å². The molecule has 196 valence electrons. The molecule has 2 aromatic carbocycles. The van der Waals surface area contributed by atoms with Crippen LogP contribution in [0.3, 0.4) is 0 Å². The van der Waals surface area contributed by atoms with Gasteiger partial charge in [-0.05, 0) is 71.9 Å². The van der Waals surface area contributed by atoms with E-state index in [1.54, 1.807) is 12.1 Å². The van der Waals surface area contributed by atoms with Gasteiger partial charge >= 0.3 is 0 Å². The quantitative estimate of drug-likeness (QED) is 0.261. The summed E-state index contributed by atoms with van der Waals surface area (Å²) in [6, 6.07) is 9.76. The molecule has 0 aliphatic rings. The predicted molar refractivity (Wildman–Crippen MR) is 153 cm³/mol. The first-order valence-electron chi connectivity index (χ1n) is 13.2. The third-order valence-corrected chi connectivity index (χ3v) is 9.15. The summed E-state index contributed by atoms with van der Waals surface area (Å²) in [4.78, 5) is 2.10. The van der Waals surface area contributed by atoms with Gasteiger partial charge in [0.15, 0.2) is 0 Å². The molecule has 35 heavy (non-hydrogen) atoms. The number of unbranched alkanes of at least 4 members (excludes halogenated alkanes) is 2. The molecule has 0 bridgehead atoms. The zero-order valence-corrected chi connectivity index (χ0v) is 24.9. The van der Waals surface area contributed by atoms with Crippen LogP contribution < -0.4 is 5.30 Å². The second-order valence-electron chi connectivity index (χ2n) is 12.5. The maximum Gasteiger partial charge on any atom is 0.123 e. The lowest BCUT2D eigenvalue weighted by atomic mass is 9.76. The average Bonchev–Trinajstić information content (AvgIpc) is 2.73. The van der Waals surface area contributed by atoms with Crippen LogP contribution in [0.15, 0.2) is 30.3 Å². The van der Waals surface area contributed by atoms with Crippen molar-refractivity contribution in [1.82, 2.24) is 4.90 Å². The Morgan fingerprint density at radius 2 is 1.51 bits per heavy atom. The number of hydrogen-bond acceptors (Lipinski definition) is 2. The van der Waals surface area contributed by atoms with Crippen molar-refractivity contribution in [3.05, 3.63) is 58.4 Å². The summed E-state index contributed by atoms with van der Waals surface area (Å²) in [6.07, 6.45) is 5.39. The molecule has 0 aromatic heterocycles. The minimum absolute atomic E-state index is 0.0274. The average molecular weight is 502 g/mol. The minimum Gasteiger partial charge on any atom is -0.507 e. The number of phenolic OH excluding ortho intramolecular Hbond substituents is 1. The summed E-state index contributed by atoms with van der Waals surface area (Å²) in [7, 11) is 4.51. The molecule has 0 radical (unpaired) electrons. The van der Waals surface area contributed by atoms with Crippen LogP contribution in [0.5, 0.6) is 5.75 Å². The van der Waals surface area contributed by atoms with Gasteiger partial charge in [-0.2, -0.15) is 0 Å². The Bertz CT molecular complexity index is 987. The van der Waals surface area contributed by atoms with Crippen LogP contribution in [0.4, 0.5) is 4.39 Å². The number of benzene rings is 2. The lowest BCUT2D eigenvalue weighted by Crippen LogP contribution is -2.27. The largest absolute Gasteiger partial charge is 0.507 e. The SMILES string of the molecule is CCCCCC(CC)(Pc1ccc(F)cc1CN(C)C)c1cc(C(C)(C)C)cc(C(C)(C)C)c1O. The van der Waals surface area contributed by atoms with E-state index in [1.165, 1.54) is 17.3 Å². The van der Waals surface area contributed by atoms with E-state index in [-0.39, 0.29) is 21.8 Å². The Balaban J connectivity index is 2.81. The van der Waals surface area contributed by atoms with E-state index in [4.69, 9.17) is 0 Å². The van der Waals surface area contributed by atoms with Gasteiger partial charge in [0, 0.05) is 17.3 Å². The topological polar surface area (TPSA) is 23.5 Å². The van der Waals surface area contributed by atoms with E-state index in [0.29, 0.717) is 20.9 Å². The van der Waals surface area contributed by atoms with Gasteiger partial charge in [0.05, 0.1) is 0 Å². The molecule has 0 aliphatic carbocycles. The summed E-state index contributed by atoms with van der Waals surface area (Å²) in [6.45, 7) is 18.5. The first-order chi connectivity index (χ1) is 16.1. The highest BCUT2D eigenvalue weighted by Gasteiger charge is 2.37. The van der Waals surface area contributed by atoms with Gasteiger partial charge in [-0.3, -0.25) is 0 Å². The molecule has 0 heterocycles. The van der Waals surface area contributed by atoms with E-state index < -0.39 is 0 Å². The van der Waals surface area contributed by atoms with Crippen LogP contribution in [-0.2, 0) is 22.5 Å². The lowest BCUT2D eigenvalue weighted by Gasteiger charge is -2.38. The maximum absolute atomic E-state index is 14.3.